The van der Waals surface area contributed by atoms with Crippen LogP contribution in [0.3, 0.4) is 0 Å². The fraction of sp³-hybridized carbons (Fsp3) is 0.750. The van der Waals surface area contributed by atoms with E-state index in [1.165, 1.54) is 0 Å². The van der Waals surface area contributed by atoms with Crippen LogP contribution in [0.1, 0.15) is 34.6 Å². The van der Waals surface area contributed by atoms with Crippen LogP contribution in [0.15, 0.2) is 0 Å². The molecule has 3 heteroatoms. The molecule has 0 fully saturated rings. The SMILES string of the molecule is C#CCN(C(=O)COC(C)(C)C)C(C)C. The van der Waals surface area contributed by atoms with Crippen LogP contribution < -0.4 is 0 Å². The number of hydrogen-bond donors (Lipinski definition) is 0. The van der Waals surface area contributed by atoms with Crippen LogP contribution in [0.4, 0.5) is 0 Å². The lowest BCUT2D eigenvalue weighted by molar-refractivity contribution is -0.142. The van der Waals surface area contributed by atoms with Gasteiger partial charge in [0.1, 0.15) is 6.61 Å². The second kappa shape index (κ2) is 5.77. The van der Waals surface area contributed by atoms with Crippen LogP contribution >= 0.6 is 0 Å². The lowest BCUT2D eigenvalue weighted by Crippen LogP contribution is -2.41. The van der Waals surface area contributed by atoms with Crippen molar-refractivity contribution in [1.82, 2.24) is 4.90 Å². The molecule has 0 radical (unpaired) electrons. The highest BCUT2D eigenvalue weighted by Gasteiger charge is 2.19. The predicted octanol–water partition coefficient (Wildman–Crippen LogP) is 1.67. The van der Waals surface area contributed by atoms with Gasteiger partial charge < -0.3 is 9.64 Å². The molecule has 0 rings (SSSR count). The number of hydrogen-bond acceptors (Lipinski definition) is 2. The van der Waals surface area contributed by atoms with Crippen molar-refractivity contribution >= 4 is 5.91 Å². The maximum atomic E-state index is 11.7. The van der Waals surface area contributed by atoms with Crippen LogP contribution in [0.2, 0.25) is 0 Å². The highest BCUT2D eigenvalue weighted by Crippen LogP contribution is 2.07. The number of carbonyl (C=O) groups excluding carboxylic acids is 1. The summed E-state index contributed by atoms with van der Waals surface area (Å²) in [7, 11) is 0. The number of nitrogens with zero attached hydrogens (tertiary/aromatic N) is 1. The van der Waals surface area contributed by atoms with Gasteiger partial charge in [-0.25, -0.2) is 0 Å². The number of amides is 1. The number of carbonyl (C=O) groups is 1. The molecule has 0 spiro atoms. The molecule has 0 aliphatic carbocycles. The summed E-state index contributed by atoms with van der Waals surface area (Å²) >= 11 is 0. The minimum atomic E-state index is -0.297. The molecule has 0 aromatic heterocycles. The second-order valence-corrected chi connectivity index (χ2v) is 4.72. The fourth-order valence-electron chi connectivity index (χ4n) is 1.02. The molecule has 0 bridgehead atoms. The van der Waals surface area contributed by atoms with Gasteiger partial charge in [0, 0.05) is 6.04 Å². The molecule has 0 saturated carbocycles. The molecule has 0 atom stereocenters. The van der Waals surface area contributed by atoms with Crippen LogP contribution in [0.25, 0.3) is 0 Å². The van der Waals surface area contributed by atoms with Crippen molar-refractivity contribution in [3.05, 3.63) is 0 Å². The van der Waals surface area contributed by atoms with Crippen molar-refractivity contribution in [2.24, 2.45) is 0 Å². The van der Waals surface area contributed by atoms with Crippen molar-refractivity contribution in [1.29, 1.82) is 0 Å². The third-order valence-corrected chi connectivity index (χ3v) is 1.83. The Labute approximate surface area is 92.8 Å². The predicted molar refractivity (Wildman–Crippen MR) is 61.4 cm³/mol. The summed E-state index contributed by atoms with van der Waals surface area (Å²) in [5, 5.41) is 0. The Bertz CT molecular complexity index is 245. The standard InChI is InChI=1S/C12H21NO2/c1-7-8-13(10(2)3)11(14)9-15-12(4,5)6/h1,10H,8-9H2,2-6H3. The van der Waals surface area contributed by atoms with Gasteiger partial charge in [-0.05, 0) is 34.6 Å². The van der Waals surface area contributed by atoms with Crippen molar-refractivity contribution < 1.29 is 9.53 Å². The van der Waals surface area contributed by atoms with E-state index < -0.39 is 0 Å². The van der Waals surface area contributed by atoms with E-state index in [-0.39, 0.29) is 24.2 Å². The molecule has 0 saturated heterocycles. The fourth-order valence-corrected chi connectivity index (χ4v) is 1.02. The van der Waals surface area contributed by atoms with Gasteiger partial charge in [0.2, 0.25) is 5.91 Å². The average Bonchev–Trinajstić information content (AvgIpc) is 2.08. The largest absolute Gasteiger partial charge is 0.366 e. The van der Waals surface area contributed by atoms with Gasteiger partial charge in [-0.3, -0.25) is 4.79 Å². The zero-order valence-electron chi connectivity index (χ0n) is 10.3. The van der Waals surface area contributed by atoms with Crippen LogP contribution in [-0.2, 0) is 9.53 Å². The Hall–Kier alpha value is -1.01. The van der Waals surface area contributed by atoms with E-state index in [4.69, 9.17) is 11.2 Å². The van der Waals surface area contributed by atoms with Crippen molar-refractivity contribution in [3.8, 4) is 12.3 Å². The van der Waals surface area contributed by atoms with E-state index in [9.17, 15) is 4.79 Å². The molecule has 0 aromatic carbocycles. The Balaban J connectivity index is 4.23. The summed E-state index contributed by atoms with van der Waals surface area (Å²) in [6, 6.07) is 0.108. The third-order valence-electron chi connectivity index (χ3n) is 1.83. The van der Waals surface area contributed by atoms with Crippen molar-refractivity contribution in [2.45, 2.75) is 46.3 Å². The minimum Gasteiger partial charge on any atom is -0.366 e. The Morgan fingerprint density at radius 1 is 1.47 bits per heavy atom. The summed E-state index contributed by atoms with van der Waals surface area (Å²) in [5.41, 5.74) is -0.297. The van der Waals surface area contributed by atoms with Gasteiger partial charge in [-0.1, -0.05) is 5.92 Å². The smallest absolute Gasteiger partial charge is 0.249 e. The highest BCUT2D eigenvalue weighted by molar-refractivity contribution is 5.78. The Morgan fingerprint density at radius 3 is 2.33 bits per heavy atom. The summed E-state index contributed by atoms with van der Waals surface area (Å²) in [5.74, 6) is 2.42. The van der Waals surface area contributed by atoms with E-state index in [1.807, 2.05) is 34.6 Å². The monoisotopic (exact) mass is 211 g/mol. The van der Waals surface area contributed by atoms with Crippen LogP contribution in [0.5, 0.6) is 0 Å². The Morgan fingerprint density at radius 2 is 2.00 bits per heavy atom. The van der Waals surface area contributed by atoms with Crippen molar-refractivity contribution in [2.75, 3.05) is 13.2 Å². The number of terminal acetylenes is 1. The van der Waals surface area contributed by atoms with Gasteiger partial charge >= 0.3 is 0 Å². The molecule has 0 aliphatic heterocycles. The van der Waals surface area contributed by atoms with Crippen molar-refractivity contribution in [3.63, 3.8) is 0 Å². The Kier molecular flexibility index (Phi) is 5.38. The topological polar surface area (TPSA) is 29.5 Å². The lowest BCUT2D eigenvalue weighted by Gasteiger charge is -2.26. The molecular weight excluding hydrogens is 190 g/mol. The molecule has 15 heavy (non-hydrogen) atoms. The van der Waals surface area contributed by atoms with Gasteiger partial charge in [-0.2, -0.15) is 0 Å². The first-order chi connectivity index (χ1) is 6.78. The molecule has 1 amide bonds. The van der Waals surface area contributed by atoms with E-state index in [0.29, 0.717) is 6.54 Å². The minimum absolute atomic E-state index is 0.0575. The summed E-state index contributed by atoms with van der Waals surface area (Å²) in [6.07, 6.45) is 5.20. The summed E-state index contributed by atoms with van der Waals surface area (Å²) in [6.45, 7) is 10.1. The van der Waals surface area contributed by atoms with E-state index in [2.05, 4.69) is 5.92 Å². The molecule has 0 N–H and O–H groups in total. The van der Waals surface area contributed by atoms with Crippen LogP contribution in [-0.4, -0.2) is 35.6 Å². The maximum absolute atomic E-state index is 11.7. The molecule has 86 valence electrons. The van der Waals surface area contributed by atoms with Gasteiger partial charge in [0.25, 0.3) is 0 Å². The molecule has 3 nitrogen and oxygen atoms in total. The first kappa shape index (κ1) is 14.0. The maximum Gasteiger partial charge on any atom is 0.249 e. The third kappa shape index (κ3) is 6.14. The zero-order valence-corrected chi connectivity index (χ0v) is 10.3. The molecule has 0 heterocycles. The molecule has 0 aliphatic rings. The quantitative estimate of drug-likeness (QED) is 0.662. The number of ether oxygens (including phenoxy) is 1. The lowest BCUT2D eigenvalue weighted by atomic mass is 10.2. The average molecular weight is 211 g/mol. The van der Waals surface area contributed by atoms with E-state index in [0.717, 1.165) is 0 Å². The number of rotatable bonds is 4. The van der Waals surface area contributed by atoms with Crippen LogP contribution in [0, 0.1) is 12.3 Å². The van der Waals surface area contributed by atoms with Gasteiger partial charge in [0.05, 0.1) is 12.1 Å². The molecular formula is C12H21NO2. The first-order valence-corrected chi connectivity index (χ1v) is 5.15. The molecule has 0 aromatic rings. The first-order valence-electron chi connectivity index (χ1n) is 5.15. The summed E-state index contributed by atoms with van der Waals surface area (Å²) in [4.78, 5) is 13.4. The second-order valence-electron chi connectivity index (χ2n) is 4.72. The van der Waals surface area contributed by atoms with E-state index in [1.54, 1.807) is 4.90 Å². The van der Waals surface area contributed by atoms with E-state index >= 15 is 0 Å². The molecule has 0 unspecified atom stereocenters. The highest BCUT2D eigenvalue weighted by atomic mass is 16.5. The van der Waals surface area contributed by atoms with Gasteiger partial charge in [0.15, 0.2) is 0 Å². The normalized spacial score (nSPS) is 11.3. The van der Waals surface area contributed by atoms with Gasteiger partial charge in [-0.15, -0.1) is 6.42 Å². The summed E-state index contributed by atoms with van der Waals surface area (Å²) < 4.78 is 5.41. The zero-order chi connectivity index (χ0) is 12.1.